The molecule has 3 N–H and O–H groups in total. The van der Waals surface area contributed by atoms with Gasteiger partial charge in [0.05, 0.1) is 10.6 Å². The number of nitrogen functional groups attached to an aromatic ring is 1. The lowest BCUT2D eigenvalue weighted by atomic mass is 10.2. The number of hydrogen-bond acceptors (Lipinski definition) is 4. The minimum atomic E-state index is -0.270. The molecule has 0 fully saturated rings. The highest BCUT2D eigenvalue weighted by Gasteiger charge is 2.11. The third kappa shape index (κ3) is 3.23. The standard InChI is InChI=1S/C12H14ClN5O/c1-18-5-4-15-11(18)2-3-16-12(19)8-6-10(14)17-7-9(8)13/h4-7H,2-3H2,1H3,(H2,14,17)(H,16,19). The molecule has 0 spiro atoms. The largest absolute Gasteiger partial charge is 0.384 e. The second-order valence-electron chi connectivity index (χ2n) is 4.05. The van der Waals surface area contributed by atoms with E-state index in [0.717, 1.165) is 5.82 Å². The van der Waals surface area contributed by atoms with Crippen molar-refractivity contribution >= 4 is 23.3 Å². The van der Waals surface area contributed by atoms with Crippen molar-refractivity contribution in [2.75, 3.05) is 12.3 Å². The highest BCUT2D eigenvalue weighted by atomic mass is 35.5. The van der Waals surface area contributed by atoms with Crippen molar-refractivity contribution in [2.24, 2.45) is 7.05 Å². The molecule has 2 heterocycles. The van der Waals surface area contributed by atoms with Gasteiger partial charge < -0.3 is 15.6 Å². The third-order valence-electron chi connectivity index (χ3n) is 2.68. The fraction of sp³-hybridized carbons (Fsp3) is 0.250. The number of nitrogens with two attached hydrogens (primary N) is 1. The normalized spacial score (nSPS) is 10.4. The quantitative estimate of drug-likeness (QED) is 0.875. The van der Waals surface area contributed by atoms with Crippen LogP contribution in [-0.4, -0.2) is 27.0 Å². The molecule has 0 saturated carbocycles. The van der Waals surface area contributed by atoms with Crippen LogP contribution >= 0.6 is 11.6 Å². The molecule has 7 heteroatoms. The maximum atomic E-state index is 11.9. The highest BCUT2D eigenvalue weighted by molar-refractivity contribution is 6.33. The number of anilines is 1. The first-order valence-corrected chi connectivity index (χ1v) is 6.11. The summed E-state index contributed by atoms with van der Waals surface area (Å²) in [5, 5.41) is 3.05. The minimum absolute atomic E-state index is 0.263. The molecule has 6 nitrogen and oxygen atoms in total. The molecule has 0 saturated heterocycles. The Morgan fingerprint density at radius 1 is 1.53 bits per heavy atom. The smallest absolute Gasteiger partial charge is 0.253 e. The predicted octanol–water partition coefficient (Wildman–Crippen LogP) is 1.02. The number of amides is 1. The maximum Gasteiger partial charge on any atom is 0.253 e. The monoisotopic (exact) mass is 279 g/mol. The molecule has 0 atom stereocenters. The summed E-state index contributed by atoms with van der Waals surface area (Å²) in [5.41, 5.74) is 5.86. The fourth-order valence-electron chi connectivity index (χ4n) is 1.65. The molecule has 2 aromatic heterocycles. The van der Waals surface area contributed by atoms with Crippen LogP contribution in [0.3, 0.4) is 0 Å². The van der Waals surface area contributed by atoms with Crippen LogP contribution in [0.4, 0.5) is 5.82 Å². The Kier molecular flexibility index (Phi) is 4.01. The lowest BCUT2D eigenvalue weighted by Gasteiger charge is -2.07. The van der Waals surface area contributed by atoms with Crippen molar-refractivity contribution in [1.29, 1.82) is 0 Å². The van der Waals surface area contributed by atoms with Gasteiger partial charge in [-0.2, -0.15) is 0 Å². The van der Waals surface area contributed by atoms with Crippen LogP contribution in [0.5, 0.6) is 0 Å². The average molecular weight is 280 g/mol. The van der Waals surface area contributed by atoms with Crippen LogP contribution in [-0.2, 0) is 13.5 Å². The molecule has 19 heavy (non-hydrogen) atoms. The van der Waals surface area contributed by atoms with Crippen molar-refractivity contribution in [3.8, 4) is 0 Å². The second-order valence-corrected chi connectivity index (χ2v) is 4.46. The van der Waals surface area contributed by atoms with Gasteiger partial charge in [-0.3, -0.25) is 4.79 Å². The maximum absolute atomic E-state index is 11.9. The summed E-state index contributed by atoms with van der Waals surface area (Å²) < 4.78 is 1.91. The van der Waals surface area contributed by atoms with Gasteiger partial charge >= 0.3 is 0 Å². The molecule has 0 aliphatic heterocycles. The Bertz CT molecular complexity index is 596. The Labute approximate surface area is 115 Å². The molecular weight excluding hydrogens is 266 g/mol. The lowest BCUT2D eigenvalue weighted by Crippen LogP contribution is -2.26. The van der Waals surface area contributed by atoms with Gasteiger partial charge in [0, 0.05) is 38.6 Å². The number of nitrogens with zero attached hydrogens (tertiary/aromatic N) is 3. The van der Waals surface area contributed by atoms with Crippen LogP contribution in [0.25, 0.3) is 0 Å². The van der Waals surface area contributed by atoms with E-state index in [4.69, 9.17) is 17.3 Å². The van der Waals surface area contributed by atoms with Gasteiger partial charge in [0.25, 0.3) is 5.91 Å². The van der Waals surface area contributed by atoms with Crippen LogP contribution in [0.15, 0.2) is 24.7 Å². The van der Waals surface area contributed by atoms with E-state index >= 15 is 0 Å². The molecular formula is C12H14ClN5O. The summed E-state index contributed by atoms with van der Waals surface area (Å²) in [7, 11) is 1.91. The van der Waals surface area contributed by atoms with E-state index in [2.05, 4.69) is 15.3 Å². The van der Waals surface area contributed by atoms with E-state index in [1.165, 1.54) is 12.3 Å². The summed E-state index contributed by atoms with van der Waals surface area (Å²) in [5.74, 6) is 0.896. The zero-order chi connectivity index (χ0) is 13.8. The van der Waals surface area contributed by atoms with E-state index in [9.17, 15) is 4.79 Å². The van der Waals surface area contributed by atoms with Crippen molar-refractivity contribution in [2.45, 2.75) is 6.42 Å². The number of carbonyl (C=O) groups is 1. The van der Waals surface area contributed by atoms with E-state index < -0.39 is 0 Å². The number of halogens is 1. The van der Waals surface area contributed by atoms with Crippen molar-refractivity contribution in [1.82, 2.24) is 19.9 Å². The molecule has 2 rings (SSSR count). The molecule has 2 aromatic rings. The van der Waals surface area contributed by atoms with Gasteiger partial charge in [0.15, 0.2) is 0 Å². The average Bonchev–Trinajstić information content (AvgIpc) is 2.78. The van der Waals surface area contributed by atoms with Crippen molar-refractivity contribution in [3.05, 3.63) is 41.1 Å². The number of aromatic nitrogens is 3. The van der Waals surface area contributed by atoms with Gasteiger partial charge in [0.2, 0.25) is 0 Å². The van der Waals surface area contributed by atoms with Gasteiger partial charge in [0.1, 0.15) is 11.6 Å². The summed E-state index contributed by atoms with van der Waals surface area (Å²) in [6, 6.07) is 1.46. The van der Waals surface area contributed by atoms with Gasteiger partial charge in [-0.25, -0.2) is 9.97 Å². The predicted molar refractivity (Wildman–Crippen MR) is 72.9 cm³/mol. The first kappa shape index (κ1) is 13.4. The van der Waals surface area contributed by atoms with Crippen LogP contribution in [0.2, 0.25) is 5.02 Å². The molecule has 0 radical (unpaired) electrons. The summed E-state index contributed by atoms with van der Waals surface area (Å²) >= 11 is 5.90. The number of hydrogen-bond donors (Lipinski definition) is 2. The van der Waals surface area contributed by atoms with E-state index in [-0.39, 0.29) is 16.7 Å². The van der Waals surface area contributed by atoms with E-state index in [1.807, 2.05) is 17.8 Å². The molecule has 1 amide bonds. The number of carbonyl (C=O) groups excluding carboxylic acids is 1. The van der Waals surface area contributed by atoms with Crippen LogP contribution < -0.4 is 11.1 Å². The van der Waals surface area contributed by atoms with Crippen molar-refractivity contribution in [3.63, 3.8) is 0 Å². The molecule has 0 unspecified atom stereocenters. The molecule has 0 aliphatic carbocycles. The Balaban J connectivity index is 1.94. The van der Waals surface area contributed by atoms with Crippen LogP contribution in [0.1, 0.15) is 16.2 Å². The van der Waals surface area contributed by atoms with Gasteiger partial charge in [-0.1, -0.05) is 11.6 Å². The van der Waals surface area contributed by atoms with Gasteiger partial charge in [-0.15, -0.1) is 0 Å². The molecule has 100 valence electrons. The van der Waals surface area contributed by atoms with E-state index in [0.29, 0.717) is 18.5 Å². The topological polar surface area (TPSA) is 85.8 Å². The number of pyridine rings is 1. The second kappa shape index (κ2) is 5.71. The minimum Gasteiger partial charge on any atom is -0.384 e. The SMILES string of the molecule is Cn1ccnc1CCNC(=O)c1cc(N)ncc1Cl. The van der Waals surface area contributed by atoms with Gasteiger partial charge in [-0.05, 0) is 6.07 Å². The number of imidazole rings is 1. The number of nitrogens with one attached hydrogen (secondary N) is 1. The van der Waals surface area contributed by atoms with Crippen molar-refractivity contribution < 1.29 is 4.79 Å². The number of aryl methyl sites for hydroxylation is 1. The Hall–Kier alpha value is -2.08. The number of rotatable bonds is 4. The van der Waals surface area contributed by atoms with Crippen LogP contribution in [0, 0.1) is 0 Å². The highest BCUT2D eigenvalue weighted by Crippen LogP contribution is 2.16. The summed E-state index contributed by atoms with van der Waals surface area (Å²) in [6.45, 7) is 0.474. The third-order valence-corrected chi connectivity index (χ3v) is 2.98. The zero-order valence-electron chi connectivity index (χ0n) is 10.4. The lowest BCUT2D eigenvalue weighted by molar-refractivity contribution is 0.0954. The first-order valence-electron chi connectivity index (χ1n) is 5.73. The summed E-state index contributed by atoms with van der Waals surface area (Å²) in [6.07, 6.45) is 5.59. The zero-order valence-corrected chi connectivity index (χ0v) is 11.2. The first-order chi connectivity index (χ1) is 9.08. The Morgan fingerprint density at radius 2 is 2.32 bits per heavy atom. The fourth-order valence-corrected chi connectivity index (χ4v) is 1.84. The van der Waals surface area contributed by atoms with E-state index in [1.54, 1.807) is 6.20 Å². The molecule has 0 aromatic carbocycles. The summed E-state index contributed by atoms with van der Waals surface area (Å²) in [4.78, 5) is 19.9. The molecule has 0 bridgehead atoms. The molecule has 0 aliphatic rings. The Morgan fingerprint density at radius 3 is 3.00 bits per heavy atom.